The predicted octanol–water partition coefficient (Wildman–Crippen LogP) is 0.386. The summed E-state index contributed by atoms with van der Waals surface area (Å²) in [5, 5.41) is 10.1. The van der Waals surface area contributed by atoms with Crippen molar-refractivity contribution in [2.45, 2.75) is 31.7 Å². The maximum atomic E-state index is 11.5. The second-order valence-corrected chi connectivity index (χ2v) is 6.06. The molecule has 4 rings (SSSR count). The third kappa shape index (κ3) is 2.31. The first-order valence-corrected chi connectivity index (χ1v) is 7.72. The highest BCUT2D eigenvalue weighted by Crippen LogP contribution is 2.27. The Morgan fingerprint density at radius 2 is 2.24 bits per heavy atom. The minimum atomic E-state index is -0.240. The fraction of sp³-hybridized carbons (Fsp3) is 0.643. The van der Waals surface area contributed by atoms with E-state index in [0.717, 1.165) is 25.5 Å². The molecule has 7 nitrogen and oxygen atoms in total. The summed E-state index contributed by atoms with van der Waals surface area (Å²) in [5.41, 5.74) is 0.391. The van der Waals surface area contributed by atoms with E-state index in [0.29, 0.717) is 17.6 Å². The van der Waals surface area contributed by atoms with Crippen molar-refractivity contribution < 1.29 is 0 Å². The number of aromatic nitrogens is 4. The molecule has 0 bridgehead atoms. The molecule has 2 atom stereocenters. The van der Waals surface area contributed by atoms with E-state index >= 15 is 0 Å². The van der Waals surface area contributed by atoms with Crippen LogP contribution in [-0.4, -0.2) is 45.3 Å². The number of anilines is 1. The molecule has 2 aliphatic rings. The van der Waals surface area contributed by atoms with E-state index in [1.54, 1.807) is 6.33 Å². The molecule has 0 spiro atoms. The number of H-pyrrole nitrogens is 1. The van der Waals surface area contributed by atoms with Crippen molar-refractivity contribution in [2.24, 2.45) is 5.92 Å². The smallest absolute Gasteiger partial charge is 0.348 e. The molecular weight excluding hydrogens is 268 g/mol. The van der Waals surface area contributed by atoms with E-state index < -0.39 is 0 Å². The van der Waals surface area contributed by atoms with Crippen molar-refractivity contribution in [1.82, 2.24) is 24.9 Å². The Morgan fingerprint density at radius 1 is 1.29 bits per heavy atom. The Kier molecular flexibility index (Phi) is 3.14. The molecule has 7 heteroatoms. The normalized spacial score (nSPS) is 26.6. The van der Waals surface area contributed by atoms with Crippen LogP contribution in [0.25, 0.3) is 5.65 Å². The SMILES string of the molecule is O=c1[nH]nc2cc(N3CCCC(C4CCCN4)C3)ncn12. The van der Waals surface area contributed by atoms with Crippen molar-refractivity contribution in [2.75, 3.05) is 24.5 Å². The lowest BCUT2D eigenvalue weighted by atomic mass is 9.90. The van der Waals surface area contributed by atoms with Crippen LogP contribution < -0.4 is 15.9 Å². The molecule has 4 heterocycles. The van der Waals surface area contributed by atoms with Gasteiger partial charge in [0.1, 0.15) is 12.1 Å². The molecule has 0 aromatic carbocycles. The zero-order chi connectivity index (χ0) is 14.2. The fourth-order valence-corrected chi connectivity index (χ4v) is 3.63. The third-order valence-corrected chi connectivity index (χ3v) is 4.74. The van der Waals surface area contributed by atoms with Crippen molar-refractivity contribution in [3.63, 3.8) is 0 Å². The van der Waals surface area contributed by atoms with Crippen LogP contribution in [-0.2, 0) is 0 Å². The molecule has 0 radical (unpaired) electrons. The first-order valence-electron chi connectivity index (χ1n) is 7.72. The monoisotopic (exact) mass is 288 g/mol. The highest BCUT2D eigenvalue weighted by Gasteiger charge is 2.29. The third-order valence-electron chi connectivity index (χ3n) is 4.74. The Bertz CT molecular complexity index is 686. The van der Waals surface area contributed by atoms with Gasteiger partial charge in [0.05, 0.1) is 0 Å². The molecule has 2 N–H and O–H groups in total. The topological polar surface area (TPSA) is 78.3 Å². The molecule has 2 unspecified atom stereocenters. The van der Waals surface area contributed by atoms with Gasteiger partial charge in [0.15, 0.2) is 5.65 Å². The minimum Gasteiger partial charge on any atom is -0.356 e. The van der Waals surface area contributed by atoms with Gasteiger partial charge >= 0.3 is 5.69 Å². The highest BCUT2D eigenvalue weighted by molar-refractivity contribution is 5.50. The molecule has 2 aliphatic heterocycles. The highest BCUT2D eigenvalue weighted by atomic mass is 16.1. The van der Waals surface area contributed by atoms with Crippen LogP contribution in [0.5, 0.6) is 0 Å². The van der Waals surface area contributed by atoms with Crippen LogP contribution in [0.1, 0.15) is 25.7 Å². The Labute approximate surface area is 122 Å². The fourth-order valence-electron chi connectivity index (χ4n) is 3.63. The predicted molar refractivity (Wildman–Crippen MR) is 79.6 cm³/mol. The summed E-state index contributed by atoms with van der Waals surface area (Å²) in [4.78, 5) is 18.2. The van der Waals surface area contributed by atoms with E-state index in [9.17, 15) is 4.79 Å². The summed E-state index contributed by atoms with van der Waals surface area (Å²) in [6, 6.07) is 2.55. The number of rotatable bonds is 2. The Hall–Kier alpha value is -1.89. The molecule has 0 saturated carbocycles. The molecule has 2 fully saturated rings. The van der Waals surface area contributed by atoms with Gasteiger partial charge in [0.25, 0.3) is 0 Å². The number of nitrogens with zero attached hydrogens (tertiary/aromatic N) is 4. The number of hydrogen-bond acceptors (Lipinski definition) is 5. The number of piperidine rings is 1. The lowest BCUT2D eigenvalue weighted by Crippen LogP contribution is -2.43. The van der Waals surface area contributed by atoms with E-state index in [4.69, 9.17) is 0 Å². The summed E-state index contributed by atoms with van der Waals surface area (Å²) in [5.74, 6) is 1.62. The first kappa shape index (κ1) is 12.8. The number of aromatic amines is 1. The second-order valence-electron chi connectivity index (χ2n) is 6.06. The van der Waals surface area contributed by atoms with Crippen molar-refractivity contribution in [1.29, 1.82) is 0 Å². The van der Waals surface area contributed by atoms with E-state index in [-0.39, 0.29) is 5.69 Å². The summed E-state index contributed by atoms with van der Waals surface area (Å²) in [7, 11) is 0. The van der Waals surface area contributed by atoms with Gasteiger partial charge in [0.2, 0.25) is 0 Å². The van der Waals surface area contributed by atoms with Gasteiger partial charge < -0.3 is 10.2 Å². The molecule has 21 heavy (non-hydrogen) atoms. The first-order chi connectivity index (χ1) is 10.3. The lowest BCUT2D eigenvalue weighted by molar-refractivity contribution is 0.328. The van der Waals surface area contributed by atoms with E-state index in [1.807, 2.05) is 6.07 Å². The summed E-state index contributed by atoms with van der Waals surface area (Å²) in [6.07, 6.45) is 6.64. The van der Waals surface area contributed by atoms with Gasteiger partial charge in [0, 0.05) is 25.2 Å². The quantitative estimate of drug-likeness (QED) is 0.835. The standard InChI is InChI=1S/C14H20N6O/c21-14-18-17-13-7-12(16-9-20(13)14)19-6-2-3-10(8-19)11-4-1-5-15-11/h7,9-11,15H,1-6,8H2,(H,18,21). The van der Waals surface area contributed by atoms with E-state index in [2.05, 4.69) is 25.4 Å². The molecule has 2 aromatic heterocycles. The van der Waals surface area contributed by atoms with Crippen LogP contribution in [0.2, 0.25) is 0 Å². The van der Waals surface area contributed by atoms with Gasteiger partial charge in [-0.05, 0) is 38.1 Å². The molecule has 112 valence electrons. The zero-order valence-corrected chi connectivity index (χ0v) is 12.0. The molecule has 0 amide bonds. The minimum absolute atomic E-state index is 0.240. The van der Waals surface area contributed by atoms with Gasteiger partial charge in [-0.15, -0.1) is 0 Å². The Morgan fingerprint density at radius 3 is 3.10 bits per heavy atom. The summed E-state index contributed by atoms with van der Waals surface area (Å²) >= 11 is 0. The summed E-state index contributed by atoms with van der Waals surface area (Å²) < 4.78 is 1.43. The maximum absolute atomic E-state index is 11.5. The average molecular weight is 288 g/mol. The second kappa shape index (κ2) is 5.14. The molecular formula is C14H20N6O. The van der Waals surface area contributed by atoms with Gasteiger partial charge in [-0.1, -0.05) is 0 Å². The summed E-state index contributed by atoms with van der Waals surface area (Å²) in [6.45, 7) is 3.22. The molecule has 2 saturated heterocycles. The molecule has 0 aliphatic carbocycles. The van der Waals surface area contributed by atoms with Crippen LogP contribution in [0.4, 0.5) is 5.82 Å². The zero-order valence-electron chi connectivity index (χ0n) is 12.0. The van der Waals surface area contributed by atoms with Crippen molar-refractivity contribution in [3.8, 4) is 0 Å². The van der Waals surface area contributed by atoms with Crippen LogP contribution in [0.3, 0.4) is 0 Å². The maximum Gasteiger partial charge on any atom is 0.348 e. The average Bonchev–Trinajstić information content (AvgIpc) is 3.18. The molecule has 2 aromatic rings. The van der Waals surface area contributed by atoms with Crippen LogP contribution >= 0.6 is 0 Å². The van der Waals surface area contributed by atoms with Gasteiger partial charge in [-0.3, -0.25) is 0 Å². The van der Waals surface area contributed by atoms with E-state index in [1.165, 1.54) is 30.1 Å². The number of fused-ring (bicyclic) bond motifs is 1. The number of nitrogens with one attached hydrogen (secondary N) is 2. The van der Waals surface area contributed by atoms with Crippen molar-refractivity contribution >= 4 is 11.5 Å². The number of hydrogen-bond donors (Lipinski definition) is 2. The van der Waals surface area contributed by atoms with Crippen LogP contribution in [0.15, 0.2) is 17.2 Å². The van der Waals surface area contributed by atoms with Crippen LogP contribution in [0, 0.1) is 5.92 Å². The van der Waals surface area contributed by atoms with Gasteiger partial charge in [-0.25, -0.2) is 19.3 Å². The Balaban J connectivity index is 1.57. The van der Waals surface area contributed by atoms with Gasteiger partial charge in [-0.2, -0.15) is 5.10 Å². The van der Waals surface area contributed by atoms with Crippen molar-refractivity contribution in [3.05, 3.63) is 22.9 Å². The largest absolute Gasteiger partial charge is 0.356 e. The lowest BCUT2D eigenvalue weighted by Gasteiger charge is -2.36.